The molecule has 762 valence electrons. The van der Waals surface area contributed by atoms with E-state index in [2.05, 4.69) is 229 Å². The monoisotopic (exact) mass is 1960 g/mol. The van der Waals surface area contributed by atoms with E-state index in [1.54, 1.807) is 37.6 Å². The number of anilines is 9. The minimum atomic E-state index is 0.196. The Morgan fingerprint density at radius 1 is 0.260 bits per heavy atom. The van der Waals surface area contributed by atoms with Crippen LogP contribution in [0.5, 0.6) is 0 Å². The van der Waals surface area contributed by atoms with Crippen molar-refractivity contribution in [2.75, 3.05) is 67.5 Å². The molecule has 0 radical (unpaired) electrons. The fraction of sp³-hybridized carbons (Fsp3) is 0.287. The minimum Gasteiger partial charge on any atom is -0.377 e. The lowest BCUT2D eigenvalue weighted by Gasteiger charge is -2.29. The number of hydrogen-bond acceptors (Lipinski definition) is 24. The van der Waals surface area contributed by atoms with Crippen molar-refractivity contribution in [3.05, 3.63) is 387 Å². The third kappa shape index (κ3) is 36.1. The summed E-state index contributed by atoms with van der Waals surface area (Å²) in [7, 11) is 0. The smallest absolute Gasteiger partial charge is 0.184 e. The molecule has 1 saturated carbocycles. The summed E-state index contributed by atoms with van der Waals surface area (Å²) in [5.74, 6) is 6.23. The van der Waals surface area contributed by atoms with Gasteiger partial charge in [-0.1, -0.05) is 461 Å². The minimum absolute atomic E-state index is 0.196. The number of benzene rings is 10. The Morgan fingerprint density at radius 3 is 1.05 bits per heavy atom. The van der Waals surface area contributed by atoms with Gasteiger partial charge in [0.05, 0.1) is 52.8 Å². The second kappa shape index (κ2) is 69.7. The molecule has 8 aromatic heterocycles. The standard InChI is InChI=1S/C25H25N5.C20H16N4.C19H19N5.C19H15N5.C19H19N5.10C2H6/c1-4-10-18(11-5-1)16-26-24-23-25(28-17-27-24)30-22(20-14-8-3-9-15-20)21(29-23)19-12-6-2-7-13-19;1-3-7-15(8-4-1)13-23-20-19-17(11-12-21-20)22-14-18(24-19)16-9-5-2-6-10-16;2*1-3-7-14(8-4-1)11-21-18-17-19(23-13-22-18)24-16(12-20-17)15-9-5-2-6-10-15;1-3-7-14(8-4-1)11-20-18-17-19(23-13-22-18)21-12-16(24-17)15-9-5-2-6-10-15;10*1-2/h2-3,6-9,12-15,17-18H,1,4-5,10-11,16H2,(H,26,27,28,30);1-12,14H,13H2,(H,21,23);1-10,13,16,20H,11-12H2,(H2,21,22,23,24);1-10,12-13H,11H2,(H,21,22,23,24);1-10,13,16,24H,11-12H2,(H2,20,21,22,23);10*1-2H3. The second-order valence-corrected chi connectivity index (χ2v) is 30.3. The molecular formula is C122H154N24. The summed E-state index contributed by atoms with van der Waals surface area (Å²) in [5.41, 5.74) is 20.8. The van der Waals surface area contributed by atoms with Crippen LogP contribution >= 0.6 is 0 Å². The van der Waals surface area contributed by atoms with Gasteiger partial charge in [-0.2, -0.15) is 0 Å². The summed E-state index contributed by atoms with van der Waals surface area (Å²) < 4.78 is 0. The van der Waals surface area contributed by atoms with Gasteiger partial charge < -0.3 is 47.9 Å². The van der Waals surface area contributed by atoms with Crippen LogP contribution in [-0.4, -0.2) is 94.4 Å². The highest BCUT2D eigenvalue weighted by Gasteiger charge is 2.26. The molecule has 24 heteroatoms. The Kier molecular flexibility index (Phi) is 55.8. The van der Waals surface area contributed by atoms with Crippen molar-refractivity contribution >= 4 is 85.5 Å². The molecule has 10 heterocycles. The summed E-state index contributed by atoms with van der Waals surface area (Å²) in [5, 5.41) is 30.9. The lowest BCUT2D eigenvalue weighted by molar-refractivity contribution is 0.373. The zero-order valence-corrected chi connectivity index (χ0v) is 89.4. The fourth-order valence-electron chi connectivity index (χ4n) is 15.1. The van der Waals surface area contributed by atoms with Gasteiger partial charge in [0, 0.05) is 74.3 Å². The topological polar surface area (TPSA) is 302 Å². The van der Waals surface area contributed by atoms with Gasteiger partial charge in [0.1, 0.15) is 47.7 Å². The van der Waals surface area contributed by atoms with E-state index in [1.165, 1.54) is 71.8 Å². The number of nitrogens with zero attached hydrogens (tertiary/aromatic N) is 15. The molecule has 9 N–H and O–H groups in total. The van der Waals surface area contributed by atoms with Gasteiger partial charge in [0.25, 0.3) is 0 Å². The molecule has 0 amide bonds. The number of rotatable bonds is 21. The van der Waals surface area contributed by atoms with E-state index >= 15 is 0 Å². The molecular weight excluding hydrogens is 1800 g/mol. The van der Waals surface area contributed by atoms with Crippen molar-refractivity contribution < 1.29 is 0 Å². The molecule has 3 aliphatic rings. The summed E-state index contributed by atoms with van der Waals surface area (Å²) in [6.45, 7) is 45.3. The molecule has 24 nitrogen and oxygen atoms in total. The molecule has 2 unspecified atom stereocenters. The first-order valence-corrected chi connectivity index (χ1v) is 52.5. The lowest BCUT2D eigenvalue weighted by atomic mass is 9.89. The van der Waals surface area contributed by atoms with Gasteiger partial charge in [0.2, 0.25) is 0 Å². The largest absolute Gasteiger partial charge is 0.377 e. The van der Waals surface area contributed by atoms with E-state index in [1.807, 2.05) is 327 Å². The lowest BCUT2D eigenvalue weighted by Crippen LogP contribution is -2.27. The van der Waals surface area contributed by atoms with Gasteiger partial charge in [-0.3, -0.25) is 4.98 Å². The molecule has 10 aromatic carbocycles. The predicted molar refractivity (Wildman–Crippen MR) is 620 cm³/mol. The van der Waals surface area contributed by atoms with Crippen LogP contribution in [0.25, 0.3) is 78.4 Å². The normalized spacial score (nSPS) is 12.1. The summed E-state index contributed by atoms with van der Waals surface area (Å²) in [6, 6.07) is 104. The van der Waals surface area contributed by atoms with Crippen LogP contribution in [0.15, 0.2) is 353 Å². The van der Waals surface area contributed by atoms with Crippen LogP contribution < -0.4 is 47.9 Å². The Morgan fingerprint density at radius 2 is 0.603 bits per heavy atom. The molecule has 21 rings (SSSR count). The van der Waals surface area contributed by atoms with Gasteiger partial charge in [-0.25, -0.2) is 69.8 Å². The molecule has 18 aromatic rings. The Hall–Kier alpha value is -16.1. The van der Waals surface area contributed by atoms with Crippen molar-refractivity contribution in [1.29, 1.82) is 0 Å². The maximum Gasteiger partial charge on any atom is 0.184 e. The van der Waals surface area contributed by atoms with Crippen LogP contribution in [0.2, 0.25) is 0 Å². The fourth-order valence-corrected chi connectivity index (χ4v) is 15.1. The van der Waals surface area contributed by atoms with Crippen molar-refractivity contribution in [3.63, 3.8) is 0 Å². The second-order valence-electron chi connectivity index (χ2n) is 30.3. The third-order valence-electron chi connectivity index (χ3n) is 21.7. The van der Waals surface area contributed by atoms with E-state index in [0.717, 1.165) is 141 Å². The third-order valence-corrected chi connectivity index (χ3v) is 21.7. The first-order chi connectivity index (χ1) is 72.5. The first kappa shape index (κ1) is 117. The van der Waals surface area contributed by atoms with Crippen molar-refractivity contribution in [1.82, 2.24) is 74.8 Å². The molecule has 146 heavy (non-hydrogen) atoms. The molecule has 0 bridgehead atoms. The van der Waals surface area contributed by atoms with Gasteiger partial charge in [0.15, 0.2) is 57.5 Å². The first-order valence-electron chi connectivity index (χ1n) is 52.5. The highest BCUT2D eigenvalue weighted by atomic mass is 15.2. The molecule has 1 fully saturated rings. The number of fused-ring (bicyclic) bond motifs is 5. The quantitative estimate of drug-likeness (QED) is 0.0323. The van der Waals surface area contributed by atoms with Crippen LogP contribution in [0.4, 0.5) is 52.1 Å². The highest BCUT2D eigenvalue weighted by molar-refractivity contribution is 5.91. The van der Waals surface area contributed by atoms with Gasteiger partial charge in [-0.15, -0.1) is 0 Å². The maximum atomic E-state index is 5.04. The molecule has 0 saturated heterocycles. The van der Waals surface area contributed by atoms with Crippen LogP contribution in [0.3, 0.4) is 0 Å². The van der Waals surface area contributed by atoms with E-state index in [4.69, 9.17) is 15.0 Å². The average Bonchev–Trinajstić information content (AvgIpc) is 0.764. The van der Waals surface area contributed by atoms with E-state index in [9.17, 15) is 0 Å². The number of nitrogens with one attached hydrogen (secondary N) is 9. The summed E-state index contributed by atoms with van der Waals surface area (Å²) in [6.07, 6.45) is 18.2. The van der Waals surface area contributed by atoms with Crippen molar-refractivity contribution in [2.45, 2.75) is 209 Å². The maximum absolute atomic E-state index is 5.04. The SMILES string of the molecule is CC.CC.CC.CC.CC.CC.CC.CC.CC.CC.c1ccc(-c2nc3ncnc(NCC4CCCCC4)c3nc2-c2ccccc2)cc1.c1ccc(CNc2nccc3ncc(-c4ccccc4)nc23)cc1.c1ccc(CNc2ncnc3c2NC(c2ccccc2)CN3)cc1.c1ccc(CNc2ncnc3c2NCC(c2ccccc2)N3)cc1.c1ccc(CNc2ncnc3nc(-c4ccccc4)cnc23)cc1. The number of pyridine rings is 1. The summed E-state index contributed by atoms with van der Waals surface area (Å²) >= 11 is 0. The van der Waals surface area contributed by atoms with Crippen LogP contribution in [-0.2, 0) is 26.2 Å². The van der Waals surface area contributed by atoms with Crippen LogP contribution in [0.1, 0.15) is 216 Å². The van der Waals surface area contributed by atoms with E-state index in [-0.39, 0.29) is 12.1 Å². The van der Waals surface area contributed by atoms with E-state index in [0.29, 0.717) is 41.6 Å². The average molecular weight is 1960 g/mol. The Bertz CT molecular complexity index is 6460. The molecule has 2 atom stereocenters. The number of aromatic nitrogens is 15. The van der Waals surface area contributed by atoms with Crippen molar-refractivity contribution in [3.8, 4) is 45.0 Å². The van der Waals surface area contributed by atoms with Crippen molar-refractivity contribution in [2.24, 2.45) is 5.92 Å². The highest BCUT2D eigenvalue weighted by Crippen LogP contribution is 2.38. The molecule has 0 spiro atoms. The summed E-state index contributed by atoms with van der Waals surface area (Å²) in [4.78, 5) is 67.8. The molecule has 1 aliphatic carbocycles. The van der Waals surface area contributed by atoms with E-state index < -0.39 is 0 Å². The predicted octanol–water partition coefficient (Wildman–Crippen LogP) is 31.3. The van der Waals surface area contributed by atoms with Crippen LogP contribution in [0, 0.1) is 5.92 Å². The Labute approximate surface area is 868 Å². The van der Waals surface area contributed by atoms with Gasteiger partial charge >= 0.3 is 0 Å². The Balaban J connectivity index is 0.000000237. The molecule has 2 aliphatic heterocycles. The number of hydrogen-bond donors (Lipinski definition) is 9. The zero-order valence-electron chi connectivity index (χ0n) is 89.4. The zero-order chi connectivity index (χ0) is 105. The van der Waals surface area contributed by atoms with Gasteiger partial charge in [-0.05, 0) is 58.2 Å².